The second kappa shape index (κ2) is 10.9. The first kappa shape index (κ1) is 22.0. The van der Waals surface area contributed by atoms with Gasteiger partial charge in [-0.1, -0.05) is 79.2 Å². The minimum Gasteiger partial charge on any atom is -0.466 e. The largest absolute Gasteiger partial charge is 0.466 e. The quantitative estimate of drug-likeness (QED) is 0.299. The third-order valence-corrected chi connectivity index (χ3v) is 6.24. The zero-order valence-electron chi connectivity index (χ0n) is 18.7. The van der Waals surface area contributed by atoms with E-state index in [0.717, 1.165) is 35.4 Å². The normalized spacial score (nSPS) is 18.0. The van der Waals surface area contributed by atoms with Crippen LogP contribution in [-0.2, 0) is 9.53 Å². The van der Waals surface area contributed by atoms with E-state index in [0.29, 0.717) is 24.9 Å². The maximum absolute atomic E-state index is 11.9. The number of aliphatic imine (C=N–C) groups is 1. The number of ether oxygens (including phenoxy) is 1. The van der Waals surface area contributed by atoms with Crippen molar-refractivity contribution in [3.63, 3.8) is 0 Å². The first-order valence-electron chi connectivity index (χ1n) is 11.7. The molecule has 1 aliphatic carbocycles. The lowest BCUT2D eigenvalue weighted by Crippen LogP contribution is -2.18. The van der Waals surface area contributed by atoms with E-state index in [4.69, 9.17) is 9.73 Å². The monoisotopic (exact) mass is 425 g/mol. The summed E-state index contributed by atoms with van der Waals surface area (Å²) in [6.07, 6.45) is 5.07. The fourth-order valence-electron chi connectivity index (χ4n) is 4.67. The van der Waals surface area contributed by atoms with Crippen LogP contribution in [0, 0.1) is 5.92 Å². The first-order valence-corrected chi connectivity index (χ1v) is 11.7. The maximum atomic E-state index is 11.9. The van der Waals surface area contributed by atoms with Crippen LogP contribution in [0.4, 0.5) is 5.69 Å². The molecule has 1 fully saturated rings. The molecule has 3 nitrogen and oxygen atoms in total. The number of nitrogens with zero attached hydrogens (tertiary/aromatic N) is 1. The highest BCUT2D eigenvalue weighted by atomic mass is 16.5. The molecule has 164 valence electrons. The van der Waals surface area contributed by atoms with Crippen molar-refractivity contribution < 1.29 is 9.53 Å². The highest BCUT2D eigenvalue weighted by molar-refractivity contribution is 6.13. The van der Waals surface area contributed by atoms with Crippen molar-refractivity contribution in [1.29, 1.82) is 0 Å². The molecule has 2 atom stereocenters. The van der Waals surface area contributed by atoms with Crippen molar-refractivity contribution in [2.75, 3.05) is 6.61 Å². The number of carbonyl (C=O) groups is 1. The topological polar surface area (TPSA) is 38.7 Å². The van der Waals surface area contributed by atoms with Crippen molar-refractivity contribution in [3.8, 4) is 0 Å². The number of rotatable bonds is 7. The predicted octanol–water partition coefficient (Wildman–Crippen LogP) is 7.08. The summed E-state index contributed by atoms with van der Waals surface area (Å²) in [6.45, 7) is 2.33. The number of carbonyl (C=O) groups excluding carboxylic acids is 1. The third kappa shape index (κ3) is 5.73. The van der Waals surface area contributed by atoms with Gasteiger partial charge in [0.05, 0.1) is 18.0 Å². The molecule has 0 amide bonds. The molecule has 1 saturated carbocycles. The van der Waals surface area contributed by atoms with Gasteiger partial charge in [0.2, 0.25) is 0 Å². The molecule has 3 heteroatoms. The standard InChI is InChI=1S/C29H31NO2/c1-2-32-28(31)21-22-10-9-15-26(20-22)23-16-18-27(19-17-23)30-29(24-11-5-3-6-12-24)25-13-7-4-8-14-25/h3-8,11-14,16-19,22,26H,2,9-10,15,20-21H2,1H3. The summed E-state index contributed by atoms with van der Waals surface area (Å²) in [4.78, 5) is 16.9. The molecule has 3 aromatic carbocycles. The van der Waals surface area contributed by atoms with E-state index >= 15 is 0 Å². The van der Waals surface area contributed by atoms with Crippen molar-refractivity contribution in [3.05, 3.63) is 102 Å². The van der Waals surface area contributed by atoms with Crippen LogP contribution in [0.25, 0.3) is 0 Å². The molecule has 4 rings (SSSR count). The summed E-state index contributed by atoms with van der Waals surface area (Å²) in [5, 5.41) is 0. The first-order chi connectivity index (χ1) is 15.7. The number of hydrogen-bond acceptors (Lipinski definition) is 3. The molecular weight excluding hydrogens is 394 g/mol. The van der Waals surface area contributed by atoms with Crippen molar-refractivity contribution in [2.45, 2.75) is 44.9 Å². The average Bonchev–Trinajstić information content (AvgIpc) is 2.84. The lowest BCUT2D eigenvalue weighted by molar-refractivity contribution is -0.144. The molecule has 0 radical (unpaired) electrons. The summed E-state index contributed by atoms with van der Waals surface area (Å²) in [5.74, 6) is 0.870. The van der Waals surface area contributed by atoms with Crippen molar-refractivity contribution in [1.82, 2.24) is 0 Å². The summed E-state index contributed by atoms with van der Waals surface area (Å²) in [5.41, 5.74) is 5.49. The number of hydrogen-bond donors (Lipinski definition) is 0. The second-order valence-electron chi connectivity index (χ2n) is 8.52. The molecule has 1 aliphatic rings. The molecule has 0 heterocycles. The van der Waals surface area contributed by atoms with Gasteiger partial charge in [-0.2, -0.15) is 0 Å². The van der Waals surface area contributed by atoms with Crippen LogP contribution in [0.15, 0.2) is 89.9 Å². The summed E-state index contributed by atoms with van der Waals surface area (Å²) in [6, 6.07) is 29.3. The van der Waals surface area contributed by atoms with Crippen LogP contribution in [0.1, 0.15) is 61.6 Å². The molecule has 2 unspecified atom stereocenters. The molecule has 0 saturated heterocycles. The van der Waals surface area contributed by atoms with E-state index in [9.17, 15) is 4.79 Å². The van der Waals surface area contributed by atoms with E-state index in [2.05, 4.69) is 48.5 Å². The van der Waals surface area contributed by atoms with Crippen LogP contribution in [-0.4, -0.2) is 18.3 Å². The van der Waals surface area contributed by atoms with E-state index in [-0.39, 0.29) is 5.97 Å². The van der Waals surface area contributed by atoms with Gasteiger partial charge in [-0.25, -0.2) is 4.99 Å². The molecular formula is C29H31NO2. The third-order valence-electron chi connectivity index (χ3n) is 6.24. The SMILES string of the molecule is CCOC(=O)CC1CCCC(c2ccc(N=C(c3ccccc3)c3ccccc3)cc2)C1. The minimum absolute atomic E-state index is 0.0582. The van der Waals surface area contributed by atoms with E-state index < -0.39 is 0 Å². The zero-order chi connectivity index (χ0) is 22.2. The Morgan fingerprint density at radius 3 is 2.09 bits per heavy atom. The van der Waals surface area contributed by atoms with E-state index in [1.807, 2.05) is 43.3 Å². The Hall–Kier alpha value is -3.20. The van der Waals surface area contributed by atoms with Gasteiger partial charge in [0, 0.05) is 17.5 Å². The Kier molecular flexibility index (Phi) is 7.50. The molecule has 0 aliphatic heterocycles. The Morgan fingerprint density at radius 2 is 1.50 bits per heavy atom. The lowest BCUT2D eigenvalue weighted by Gasteiger charge is -2.29. The maximum Gasteiger partial charge on any atom is 0.306 e. The van der Waals surface area contributed by atoms with Gasteiger partial charge in [0.25, 0.3) is 0 Å². The van der Waals surface area contributed by atoms with Crippen LogP contribution < -0.4 is 0 Å². The van der Waals surface area contributed by atoms with Gasteiger partial charge in [-0.15, -0.1) is 0 Å². The molecule has 0 N–H and O–H groups in total. The lowest BCUT2D eigenvalue weighted by atomic mass is 9.77. The molecule has 0 bridgehead atoms. The zero-order valence-corrected chi connectivity index (χ0v) is 18.7. The van der Waals surface area contributed by atoms with Crippen molar-refractivity contribution >= 4 is 17.4 Å². The smallest absolute Gasteiger partial charge is 0.306 e. The summed E-state index contributed by atoms with van der Waals surface area (Å²) < 4.78 is 5.16. The molecule has 32 heavy (non-hydrogen) atoms. The second-order valence-corrected chi connectivity index (χ2v) is 8.52. The fourth-order valence-corrected chi connectivity index (χ4v) is 4.67. The van der Waals surface area contributed by atoms with Crippen molar-refractivity contribution in [2.24, 2.45) is 10.9 Å². The van der Waals surface area contributed by atoms with Crippen LogP contribution in [0.3, 0.4) is 0 Å². The Bertz CT molecular complexity index is 984. The van der Waals surface area contributed by atoms with Gasteiger partial charge < -0.3 is 4.74 Å². The Morgan fingerprint density at radius 1 is 0.875 bits per heavy atom. The summed E-state index contributed by atoms with van der Waals surface area (Å²) >= 11 is 0. The highest BCUT2D eigenvalue weighted by Crippen LogP contribution is 2.38. The highest BCUT2D eigenvalue weighted by Gasteiger charge is 2.25. The average molecular weight is 426 g/mol. The minimum atomic E-state index is -0.0582. The van der Waals surface area contributed by atoms with Crippen LogP contribution in [0.2, 0.25) is 0 Å². The van der Waals surface area contributed by atoms with Crippen LogP contribution >= 0.6 is 0 Å². The van der Waals surface area contributed by atoms with Gasteiger partial charge in [0.1, 0.15) is 0 Å². The Labute approximate surface area is 191 Å². The number of benzene rings is 3. The van der Waals surface area contributed by atoms with Gasteiger partial charge in [-0.3, -0.25) is 4.79 Å². The number of esters is 1. The Balaban J connectivity index is 1.52. The van der Waals surface area contributed by atoms with Gasteiger partial charge >= 0.3 is 5.97 Å². The summed E-state index contributed by atoms with van der Waals surface area (Å²) in [7, 11) is 0. The van der Waals surface area contributed by atoms with Crippen LogP contribution in [0.5, 0.6) is 0 Å². The molecule has 0 aromatic heterocycles. The van der Waals surface area contributed by atoms with Gasteiger partial charge in [0.15, 0.2) is 0 Å². The van der Waals surface area contributed by atoms with Gasteiger partial charge in [-0.05, 0) is 55.7 Å². The fraction of sp³-hybridized carbons (Fsp3) is 0.310. The van der Waals surface area contributed by atoms with E-state index in [1.54, 1.807) is 0 Å². The molecule has 0 spiro atoms. The van der Waals surface area contributed by atoms with E-state index in [1.165, 1.54) is 18.4 Å². The predicted molar refractivity (Wildman–Crippen MR) is 131 cm³/mol. The molecule has 3 aromatic rings.